The highest BCUT2D eigenvalue weighted by molar-refractivity contribution is 7.89. The lowest BCUT2D eigenvalue weighted by Crippen LogP contribution is -2.37. The van der Waals surface area contributed by atoms with Crippen LogP contribution in [0.25, 0.3) is 0 Å². The van der Waals surface area contributed by atoms with Gasteiger partial charge < -0.3 is 4.90 Å². The molecule has 1 aromatic rings. The van der Waals surface area contributed by atoms with Gasteiger partial charge >= 0.3 is 0 Å². The molecule has 1 N–H and O–H groups in total. The Balaban J connectivity index is 2.12. The molecule has 1 aromatic carbocycles. The van der Waals surface area contributed by atoms with Gasteiger partial charge in [-0.15, -0.1) is 0 Å². The molecule has 1 aliphatic heterocycles. The first-order chi connectivity index (χ1) is 8.91. The number of carbonyl (C=O) groups excluding carboxylic acids is 1. The van der Waals surface area contributed by atoms with Crippen molar-refractivity contribution in [2.45, 2.75) is 19.4 Å². The monoisotopic (exact) mass is 286 g/mol. The summed E-state index contributed by atoms with van der Waals surface area (Å²) in [4.78, 5) is 13.2. The summed E-state index contributed by atoms with van der Waals surface area (Å²) in [5.41, 5.74) is 0.447. The molecule has 0 saturated carbocycles. The number of rotatable bonds is 4. The van der Waals surface area contributed by atoms with E-state index in [1.165, 1.54) is 30.0 Å². The van der Waals surface area contributed by atoms with Crippen molar-refractivity contribution in [1.29, 1.82) is 0 Å². The molecule has 0 aliphatic carbocycles. The first-order valence-corrected chi connectivity index (χ1v) is 7.62. The smallest absolute Gasteiger partial charge is 0.228 e. The van der Waals surface area contributed by atoms with Gasteiger partial charge in [-0.1, -0.05) is 6.07 Å². The predicted molar refractivity (Wildman–Crippen MR) is 69.8 cm³/mol. The van der Waals surface area contributed by atoms with Crippen LogP contribution in [0.5, 0.6) is 0 Å². The molecular weight excluding hydrogens is 271 g/mol. The second kappa shape index (κ2) is 5.26. The van der Waals surface area contributed by atoms with Crippen LogP contribution in [0.2, 0.25) is 0 Å². The maximum atomic E-state index is 13.1. The van der Waals surface area contributed by atoms with Gasteiger partial charge in [0.05, 0.1) is 5.75 Å². The first kappa shape index (κ1) is 14.0. The zero-order valence-corrected chi connectivity index (χ0v) is 11.3. The molecule has 1 unspecified atom stereocenters. The highest BCUT2D eigenvalue weighted by atomic mass is 32.2. The normalized spacial score (nSPS) is 20.0. The highest BCUT2D eigenvalue weighted by Crippen LogP contribution is 2.22. The maximum Gasteiger partial charge on any atom is 0.228 e. The SMILES string of the molecule is CCS(=O)(=O)NC1CC(=O)N(c2cccc(F)c2)C1. The lowest BCUT2D eigenvalue weighted by molar-refractivity contribution is -0.117. The quantitative estimate of drug-likeness (QED) is 0.893. The van der Waals surface area contributed by atoms with Crippen molar-refractivity contribution in [2.24, 2.45) is 0 Å². The minimum absolute atomic E-state index is 0.0301. The fourth-order valence-electron chi connectivity index (χ4n) is 2.02. The summed E-state index contributed by atoms with van der Waals surface area (Å²) in [5.74, 6) is -0.671. The van der Waals surface area contributed by atoms with Crippen LogP contribution in [-0.4, -0.2) is 32.7 Å². The largest absolute Gasteiger partial charge is 0.311 e. The first-order valence-electron chi connectivity index (χ1n) is 5.97. The number of benzene rings is 1. The number of nitrogens with one attached hydrogen (secondary N) is 1. The number of carbonyl (C=O) groups is 1. The van der Waals surface area contributed by atoms with Crippen LogP contribution in [0.3, 0.4) is 0 Å². The number of halogens is 1. The second-order valence-corrected chi connectivity index (χ2v) is 6.45. The van der Waals surface area contributed by atoms with Crippen molar-refractivity contribution < 1.29 is 17.6 Å². The lowest BCUT2D eigenvalue weighted by atomic mass is 10.3. The molecular formula is C12H15FN2O3S. The summed E-state index contributed by atoms with van der Waals surface area (Å²) in [6.07, 6.45) is 0.0930. The van der Waals surface area contributed by atoms with Crippen molar-refractivity contribution in [3.63, 3.8) is 0 Å². The zero-order valence-electron chi connectivity index (χ0n) is 10.5. The van der Waals surface area contributed by atoms with Crippen molar-refractivity contribution in [2.75, 3.05) is 17.2 Å². The van der Waals surface area contributed by atoms with Crippen molar-refractivity contribution in [3.05, 3.63) is 30.1 Å². The molecule has 1 fully saturated rings. The van der Waals surface area contributed by atoms with Crippen LogP contribution in [0, 0.1) is 5.82 Å². The van der Waals surface area contributed by atoms with Gasteiger partial charge in [-0.2, -0.15) is 0 Å². The van der Waals surface area contributed by atoms with Crippen LogP contribution < -0.4 is 9.62 Å². The number of sulfonamides is 1. The van der Waals surface area contributed by atoms with Crippen molar-refractivity contribution in [3.8, 4) is 0 Å². The van der Waals surface area contributed by atoms with E-state index in [4.69, 9.17) is 0 Å². The van der Waals surface area contributed by atoms with Gasteiger partial charge in [0.25, 0.3) is 0 Å². The third-order valence-corrected chi connectivity index (χ3v) is 4.42. The Bertz CT molecular complexity index is 588. The molecule has 104 valence electrons. The number of amides is 1. The van der Waals surface area contributed by atoms with Gasteiger partial charge in [-0.25, -0.2) is 17.5 Å². The van der Waals surface area contributed by atoms with E-state index in [0.717, 1.165) is 0 Å². The molecule has 2 rings (SSSR count). The number of anilines is 1. The average Bonchev–Trinajstić information content (AvgIpc) is 2.69. The molecule has 19 heavy (non-hydrogen) atoms. The van der Waals surface area contributed by atoms with Gasteiger partial charge in [0.1, 0.15) is 5.82 Å². The van der Waals surface area contributed by atoms with Crippen LogP contribution in [0.1, 0.15) is 13.3 Å². The van der Waals surface area contributed by atoms with Crippen molar-refractivity contribution >= 4 is 21.6 Å². The molecule has 5 nitrogen and oxygen atoms in total. The molecule has 1 atom stereocenters. The maximum absolute atomic E-state index is 13.1. The highest BCUT2D eigenvalue weighted by Gasteiger charge is 2.32. The van der Waals surface area contributed by atoms with Gasteiger partial charge in [0.2, 0.25) is 15.9 Å². The van der Waals surface area contributed by atoms with E-state index in [1.54, 1.807) is 6.07 Å². The summed E-state index contributed by atoms with van der Waals surface area (Å²) < 4.78 is 38.5. The minimum Gasteiger partial charge on any atom is -0.311 e. The summed E-state index contributed by atoms with van der Waals surface area (Å²) in [6.45, 7) is 1.75. The summed E-state index contributed by atoms with van der Waals surface area (Å²) >= 11 is 0. The second-order valence-electron chi connectivity index (χ2n) is 4.41. The lowest BCUT2D eigenvalue weighted by Gasteiger charge is -2.17. The van der Waals surface area contributed by atoms with Crippen LogP contribution >= 0.6 is 0 Å². The molecule has 0 aromatic heterocycles. The Hall–Kier alpha value is -1.47. The predicted octanol–water partition coefficient (Wildman–Crippen LogP) is 0.870. The van der Waals surface area contributed by atoms with Crippen LogP contribution in [0.4, 0.5) is 10.1 Å². The third kappa shape index (κ3) is 3.30. The summed E-state index contributed by atoms with van der Waals surface area (Å²) in [7, 11) is -3.34. The number of hydrogen-bond donors (Lipinski definition) is 1. The Morgan fingerprint density at radius 2 is 2.21 bits per heavy atom. The topological polar surface area (TPSA) is 66.5 Å². The fraction of sp³-hybridized carbons (Fsp3) is 0.417. The van der Waals surface area contributed by atoms with Crippen molar-refractivity contribution in [1.82, 2.24) is 4.72 Å². The van der Waals surface area contributed by atoms with Gasteiger partial charge in [0.15, 0.2) is 0 Å². The van der Waals surface area contributed by atoms with Gasteiger partial charge in [-0.3, -0.25) is 4.79 Å². The number of nitrogens with zero attached hydrogens (tertiary/aromatic N) is 1. The Kier molecular flexibility index (Phi) is 3.86. The molecule has 0 radical (unpaired) electrons. The van der Waals surface area contributed by atoms with E-state index < -0.39 is 21.9 Å². The van der Waals surface area contributed by atoms with Gasteiger partial charge in [0, 0.05) is 24.7 Å². The Morgan fingerprint density at radius 3 is 2.84 bits per heavy atom. The Morgan fingerprint density at radius 1 is 1.47 bits per heavy atom. The van der Waals surface area contributed by atoms with E-state index >= 15 is 0 Å². The average molecular weight is 286 g/mol. The molecule has 1 aliphatic rings. The molecule has 1 amide bonds. The number of hydrogen-bond acceptors (Lipinski definition) is 3. The summed E-state index contributed by atoms with van der Waals surface area (Å²) in [6, 6.07) is 5.23. The van der Waals surface area contributed by atoms with E-state index in [2.05, 4.69) is 4.72 Å². The fourth-order valence-corrected chi connectivity index (χ4v) is 2.85. The molecule has 0 spiro atoms. The molecule has 7 heteroatoms. The zero-order chi connectivity index (χ0) is 14.0. The standard InChI is InChI=1S/C12H15FN2O3S/c1-2-19(17,18)14-10-7-12(16)15(8-10)11-5-3-4-9(13)6-11/h3-6,10,14H,2,7-8H2,1H3. The van der Waals surface area contributed by atoms with E-state index in [1.807, 2.05) is 0 Å². The van der Waals surface area contributed by atoms with Crippen LogP contribution in [0.15, 0.2) is 24.3 Å². The third-order valence-electron chi connectivity index (χ3n) is 2.97. The molecule has 0 bridgehead atoms. The molecule has 1 saturated heterocycles. The molecule has 1 heterocycles. The minimum atomic E-state index is -3.34. The van der Waals surface area contributed by atoms with E-state index in [0.29, 0.717) is 5.69 Å². The van der Waals surface area contributed by atoms with Crippen LogP contribution in [-0.2, 0) is 14.8 Å². The van der Waals surface area contributed by atoms with E-state index in [9.17, 15) is 17.6 Å². The van der Waals surface area contributed by atoms with Gasteiger partial charge in [-0.05, 0) is 25.1 Å². The Labute approximate surface area is 111 Å². The van der Waals surface area contributed by atoms with E-state index in [-0.39, 0.29) is 24.6 Å². The summed E-state index contributed by atoms with van der Waals surface area (Å²) in [5, 5.41) is 0.